The van der Waals surface area contributed by atoms with E-state index in [0.29, 0.717) is 51.4 Å². The van der Waals surface area contributed by atoms with Gasteiger partial charge in [-0.2, -0.15) is 0 Å². The summed E-state index contributed by atoms with van der Waals surface area (Å²) in [6.07, 6.45) is 4.37. The van der Waals surface area contributed by atoms with Crippen molar-refractivity contribution in [3.8, 4) is 0 Å². The lowest BCUT2D eigenvalue weighted by Crippen LogP contribution is -2.47. The monoisotopic (exact) mass is 282 g/mol. The molecule has 0 aliphatic carbocycles. The van der Waals surface area contributed by atoms with Gasteiger partial charge >= 0.3 is 0 Å². The van der Waals surface area contributed by atoms with E-state index >= 15 is 0 Å². The Morgan fingerprint density at radius 3 is 2.95 bits per heavy atom. The third kappa shape index (κ3) is 3.56. The van der Waals surface area contributed by atoms with E-state index in [1.165, 1.54) is 4.90 Å². The Morgan fingerprint density at radius 2 is 2.30 bits per heavy atom. The van der Waals surface area contributed by atoms with E-state index < -0.39 is 5.60 Å². The van der Waals surface area contributed by atoms with Gasteiger partial charge in [-0.05, 0) is 0 Å². The van der Waals surface area contributed by atoms with Crippen molar-refractivity contribution in [1.82, 2.24) is 14.5 Å². The number of amides is 1. The van der Waals surface area contributed by atoms with Crippen LogP contribution in [0.2, 0.25) is 0 Å². The quantitative estimate of drug-likeness (QED) is 0.756. The summed E-state index contributed by atoms with van der Waals surface area (Å²) in [4.78, 5) is 17.9. The van der Waals surface area contributed by atoms with Crippen molar-refractivity contribution < 1.29 is 14.6 Å². The summed E-state index contributed by atoms with van der Waals surface area (Å²) in [6, 6.07) is 0. The molecule has 0 aromatic carbocycles. The van der Waals surface area contributed by atoms with Gasteiger partial charge in [-0.25, -0.2) is 4.98 Å². The zero-order valence-electron chi connectivity index (χ0n) is 11.8. The second-order valence-electron chi connectivity index (χ2n) is 5.28. The molecule has 1 aromatic heterocycles. The molecule has 1 saturated heterocycles. The maximum atomic E-state index is 12.3. The molecule has 2 rings (SSSR count). The van der Waals surface area contributed by atoms with E-state index in [-0.39, 0.29) is 5.91 Å². The predicted octanol–water partition coefficient (Wildman–Crippen LogP) is -0.545. The molecule has 2 heterocycles. The first-order valence-corrected chi connectivity index (χ1v) is 6.81. The van der Waals surface area contributed by atoms with Crippen LogP contribution in [0.25, 0.3) is 0 Å². The first-order chi connectivity index (χ1) is 9.54. The number of carbonyl (C=O) groups excluding carboxylic acids is 1. The molecule has 0 radical (unpaired) electrons. The first-order valence-electron chi connectivity index (χ1n) is 6.81. The van der Waals surface area contributed by atoms with Crippen LogP contribution >= 0.6 is 0 Å². The van der Waals surface area contributed by atoms with E-state index in [9.17, 15) is 9.90 Å². The number of rotatable bonds is 5. The molecule has 1 aliphatic heterocycles. The summed E-state index contributed by atoms with van der Waals surface area (Å²) in [5.74, 6) is -0.194. The van der Waals surface area contributed by atoms with E-state index in [4.69, 9.17) is 10.5 Å². The highest BCUT2D eigenvalue weighted by molar-refractivity contribution is 5.91. The fraction of sp³-hybridized carbons (Fsp3) is 0.692. The summed E-state index contributed by atoms with van der Waals surface area (Å²) in [5.41, 5.74) is 4.97. The maximum absolute atomic E-state index is 12.3. The maximum Gasteiger partial charge on any atom is 0.273 e. The Morgan fingerprint density at radius 1 is 1.60 bits per heavy atom. The molecule has 112 valence electrons. The second-order valence-corrected chi connectivity index (χ2v) is 5.28. The van der Waals surface area contributed by atoms with Gasteiger partial charge in [0.1, 0.15) is 5.69 Å². The van der Waals surface area contributed by atoms with Crippen LogP contribution in [0.15, 0.2) is 12.5 Å². The molecule has 0 spiro atoms. The van der Waals surface area contributed by atoms with Gasteiger partial charge in [0.05, 0.1) is 11.9 Å². The van der Waals surface area contributed by atoms with Gasteiger partial charge in [-0.1, -0.05) is 0 Å². The van der Waals surface area contributed by atoms with Crippen molar-refractivity contribution >= 4 is 5.91 Å². The summed E-state index contributed by atoms with van der Waals surface area (Å²) >= 11 is 0. The van der Waals surface area contributed by atoms with Crippen LogP contribution in [0.5, 0.6) is 0 Å². The molecule has 7 nitrogen and oxygen atoms in total. The van der Waals surface area contributed by atoms with Crippen molar-refractivity contribution in [3.05, 3.63) is 18.2 Å². The number of ether oxygens (including phenoxy) is 1. The number of imidazole rings is 1. The van der Waals surface area contributed by atoms with Gasteiger partial charge in [0.2, 0.25) is 0 Å². The molecule has 1 amide bonds. The molecule has 1 aromatic rings. The third-order valence-electron chi connectivity index (χ3n) is 3.54. The average molecular weight is 282 g/mol. The lowest BCUT2D eigenvalue weighted by atomic mass is 9.94. The van der Waals surface area contributed by atoms with E-state index in [1.54, 1.807) is 24.1 Å². The number of aromatic nitrogens is 2. The van der Waals surface area contributed by atoms with Crippen molar-refractivity contribution in [3.63, 3.8) is 0 Å². The Bertz CT molecular complexity index is 454. The van der Waals surface area contributed by atoms with E-state index in [1.807, 2.05) is 0 Å². The molecule has 0 atom stereocenters. The zero-order chi connectivity index (χ0) is 14.6. The molecule has 20 heavy (non-hydrogen) atoms. The lowest BCUT2D eigenvalue weighted by molar-refractivity contribution is -0.0734. The van der Waals surface area contributed by atoms with Crippen LogP contribution < -0.4 is 5.73 Å². The van der Waals surface area contributed by atoms with Crippen LogP contribution in [-0.2, 0) is 11.3 Å². The SMILES string of the molecule is CN(CC1(O)CCOCC1)C(=O)c1cn(CCN)cn1. The number of aliphatic hydroxyl groups is 1. The fourth-order valence-electron chi connectivity index (χ4n) is 2.36. The van der Waals surface area contributed by atoms with Crippen LogP contribution in [0.4, 0.5) is 0 Å². The summed E-state index contributed by atoms with van der Waals surface area (Å²) in [7, 11) is 1.68. The van der Waals surface area contributed by atoms with E-state index in [0.717, 1.165) is 0 Å². The molecule has 1 fully saturated rings. The topological polar surface area (TPSA) is 93.6 Å². The highest BCUT2D eigenvalue weighted by Crippen LogP contribution is 2.21. The molecule has 0 unspecified atom stereocenters. The van der Waals surface area contributed by atoms with Crippen molar-refractivity contribution in [2.45, 2.75) is 25.0 Å². The molecular formula is C13H22N4O3. The van der Waals surface area contributed by atoms with Crippen molar-refractivity contribution in [2.75, 3.05) is 33.4 Å². The Kier molecular flexibility index (Phi) is 4.74. The first kappa shape index (κ1) is 15.0. The van der Waals surface area contributed by atoms with Gasteiger partial charge in [0, 0.05) is 58.9 Å². The minimum Gasteiger partial charge on any atom is -0.388 e. The highest BCUT2D eigenvalue weighted by Gasteiger charge is 2.32. The van der Waals surface area contributed by atoms with Gasteiger partial charge in [0.25, 0.3) is 5.91 Å². The Balaban J connectivity index is 1.96. The number of hydrogen-bond donors (Lipinski definition) is 2. The molecule has 7 heteroatoms. The zero-order valence-corrected chi connectivity index (χ0v) is 11.8. The number of nitrogens with two attached hydrogens (primary N) is 1. The van der Waals surface area contributed by atoms with Crippen LogP contribution in [0.1, 0.15) is 23.3 Å². The summed E-state index contributed by atoms with van der Waals surface area (Å²) in [6.45, 7) is 2.48. The van der Waals surface area contributed by atoms with Gasteiger partial charge in [-0.3, -0.25) is 4.79 Å². The Hall–Kier alpha value is -1.44. The Labute approximate surface area is 118 Å². The molecular weight excluding hydrogens is 260 g/mol. The fourth-order valence-corrected chi connectivity index (χ4v) is 2.36. The largest absolute Gasteiger partial charge is 0.388 e. The minimum absolute atomic E-state index is 0.194. The van der Waals surface area contributed by atoms with Gasteiger partial charge in [0.15, 0.2) is 0 Å². The predicted molar refractivity (Wildman–Crippen MR) is 73.2 cm³/mol. The smallest absolute Gasteiger partial charge is 0.273 e. The van der Waals surface area contributed by atoms with Crippen molar-refractivity contribution in [1.29, 1.82) is 0 Å². The van der Waals surface area contributed by atoms with Gasteiger partial charge < -0.3 is 25.0 Å². The van der Waals surface area contributed by atoms with E-state index in [2.05, 4.69) is 4.98 Å². The number of nitrogens with zero attached hydrogens (tertiary/aromatic N) is 3. The molecule has 3 N–H and O–H groups in total. The number of carbonyl (C=O) groups is 1. The summed E-state index contributed by atoms with van der Waals surface area (Å²) in [5, 5.41) is 10.4. The second kappa shape index (κ2) is 6.34. The standard InChI is InChI=1S/C13H22N4O3/c1-16(9-13(19)2-6-20-7-3-13)12(18)11-8-17(5-4-14)10-15-11/h8,10,19H,2-7,9,14H2,1H3. The number of hydrogen-bond acceptors (Lipinski definition) is 5. The third-order valence-corrected chi connectivity index (χ3v) is 3.54. The molecule has 0 saturated carbocycles. The lowest BCUT2D eigenvalue weighted by Gasteiger charge is -2.35. The molecule has 1 aliphatic rings. The minimum atomic E-state index is -0.859. The summed E-state index contributed by atoms with van der Waals surface area (Å²) < 4.78 is 7.01. The number of likely N-dealkylation sites (N-methyl/N-ethyl adjacent to an activating group) is 1. The van der Waals surface area contributed by atoms with Crippen LogP contribution in [0, 0.1) is 0 Å². The van der Waals surface area contributed by atoms with Crippen LogP contribution in [0.3, 0.4) is 0 Å². The van der Waals surface area contributed by atoms with Gasteiger partial charge in [-0.15, -0.1) is 0 Å². The average Bonchev–Trinajstić information content (AvgIpc) is 2.87. The highest BCUT2D eigenvalue weighted by atomic mass is 16.5. The van der Waals surface area contributed by atoms with Crippen molar-refractivity contribution in [2.24, 2.45) is 5.73 Å². The van der Waals surface area contributed by atoms with Crippen LogP contribution in [-0.4, -0.2) is 64.4 Å². The normalized spacial score (nSPS) is 17.9. The molecule has 0 bridgehead atoms.